The molecule has 0 spiro atoms. The predicted molar refractivity (Wildman–Crippen MR) is 552 cm³/mol. The molecule has 0 unspecified atom stereocenters. The number of aliphatic hydroxyl groups excluding tert-OH is 1. The number of morpholine rings is 6. The summed E-state index contributed by atoms with van der Waals surface area (Å²) in [6.07, 6.45) is 6.97. The second-order valence-corrected chi connectivity index (χ2v) is 40.9. The normalized spacial score (nSPS) is 19.5. The van der Waals surface area contributed by atoms with Gasteiger partial charge in [-0.05, 0) is 155 Å². The molecule has 7 aromatic heterocycles. The van der Waals surface area contributed by atoms with Gasteiger partial charge >= 0.3 is 6.18 Å². The molecular formula is C108H124F3N19O18. The number of aromatic amines is 1. The van der Waals surface area contributed by atoms with Crippen molar-refractivity contribution < 1.29 is 98.8 Å². The number of anilines is 11. The predicted octanol–water partition coefficient (Wildman–Crippen LogP) is 14.7. The van der Waals surface area contributed by atoms with E-state index in [-0.39, 0.29) is 70.1 Å². The Morgan fingerprint density at radius 3 is 1.28 bits per heavy atom. The Labute approximate surface area is 854 Å². The van der Waals surface area contributed by atoms with Gasteiger partial charge in [0.15, 0.2) is 5.69 Å². The lowest BCUT2D eigenvalue weighted by atomic mass is 9.99. The minimum atomic E-state index is -4.62. The number of nitrogens with zero attached hydrogens (tertiary/aromatic N) is 13. The number of nitrogens with one attached hydrogen (secondary N) is 6. The lowest BCUT2D eigenvalue weighted by molar-refractivity contribution is -0.141. The fraction of sp³-hybridized carbons (Fsp3) is 0.435. The van der Waals surface area contributed by atoms with Crippen LogP contribution >= 0.6 is 0 Å². The highest BCUT2D eigenvalue weighted by Gasteiger charge is 2.42. The lowest BCUT2D eigenvalue weighted by Gasteiger charge is -2.31. The van der Waals surface area contributed by atoms with Crippen molar-refractivity contribution in [2.45, 2.75) is 148 Å². The fourth-order valence-corrected chi connectivity index (χ4v) is 20.0. The number of amides is 5. The maximum absolute atomic E-state index is 13.2. The summed E-state index contributed by atoms with van der Waals surface area (Å²) in [7, 11) is 0. The number of oxazole rings is 1. The molecule has 780 valence electrons. The number of fused-ring (bicyclic) bond motifs is 7. The number of carbonyl (C=O) groups excluding carboxylic acids is 5. The summed E-state index contributed by atoms with van der Waals surface area (Å²) < 4.78 is 109. The SMILES string of the molecule is CC1(C)Cc2cc(NC(=O)c3cccc(C(F)(F)F)n3)c(N3CCOCC3)cc2O1.CC1(C)Cc2cc(NC(=O)c3ccccn3)c(N3CCOCC3)cc2O1.C[C@H]1COCCN1c1nc(C(=O)Nc2cc3c(cc2N2CCOCC2)OC(C)(C)C3)co1.C[C@]1(CO)Cc2cc(NC(=O)c3ccc4cccnn34)c(N3CCOCC3)cc2O1.Cc1nc2c(C(=O)Nc3cc4c(cc3N3CCOCC3)OC(C)(C)C4)cncc2[nH]1. The first-order valence-corrected chi connectivity index (χ1v) is 50.1. The van der Waals surface area contributed by atoms with Crippen LogP contribution in [0.15, 0.2) is 157 Å². The number of carbonyl (C=O) groups is 5. The van der Waals surface area contributed by atoms with Crippen molar-refractivity contribution in [3.8, 4) is 28.7 Å². The van der Waals surface area contributed by atoms with Crippen LogP contribution < -0.4 is 79.7 Å². The van der Waals surface area contributed by atoms with Gasteiger partial charge in [0.25, 0.3) is 35.6 Å². The molecule has 11 aliphatic heterocycles. The Kier molecular flexibility index (Phi) is 29.6. The maximum Gasteiger partial charge on any atom is 0.433 e. The maximum atomic E-state index is 13.2. The molecule has 5 amide bonds. The van der Waals surface area contributed by atoms with Gasteiger partial charge in [0.05, 0.1) is 172 Å². The van der Waals surface area contributed by atoms with Crippen molar-refractivity contribution in [1.82, 2.24) is 39.5 Å². The quantitative estimate of drug-likeness (QED) is 0.0445. The summed E-state index contributed by atoms with van der Waals surface area (Å²) in [6, 6.07) is 36.4. The average molecular weight is 2030 g/mol. The highest BCUT2D eigenvalue weighted by atomic mass is 19.4. The fourth-order valence-electron chi connectivity index (χ4n) is 20.0. The van der Waals surface area contributed by atoms with Gasteiger partial charge in [0.2, 0.25) is 0 Å². The van der Waals surface area contributed by atoms with Crippen molar-refractivity contribution >= 4 is 109 Å². The van der Waals surface area contributed by atoms with E-state index in [9.17, 15) is 42.3 Å². The van der Waals surface area contributed by atoms with E-state index in [0.29, 0.717) is 146 Å². The Hall–Kier alpha value is -14.4. The van der Waals surface area contributed by atoms with Crippen LogP contribution in [0.5, 0.6) is 28.7 Å². The number of rotatable bonds is 17. The van der Waals surface area contributed by atoms with Crippen LogP contribution in [0.2, 0.25) is 0 Å². The van der Waals surface area contributed by atoms with E-state index in [2.05, 4.69) is 128 Å². The van der Waals surface area contributed by atoms with Gasteiger partial charge in [-0.3, -0.25) is 33.9 Å². The van der Waals surface area contributed by atoms with Crippen LogP contribution in [0.4, 0.5) is 76.1 Å². The number of ether oxygens (including phenoxy) is 11. The van der Waals surface area contributed by atoms with E-state index in [1.807, 2.05) is 124 Å². The minimum absolute atomic E-state index is 0.0714. The number of alkyl halides is 3. The smallest absolute Gasteiger partial charge is 0.433 e. The van der Waals surface area contributed by atoms with Crippen LogP contribution in [0.3, 0.4) is 0 Å². The van der Waals surface area contributed by atoms with Crippen molar-refractivity contribution in [3.05, 3.63) is 220 Å². The standard InChI is InChI=1S/C23H30N4O5.C22H25N5O3.C22H24N4O4.C21H22F3N3O3.C20H23N3O3/c1-15-13-30-9-6-27(15)22-25-18(14-31-22)21(28)24-17-10-16-12-23(2,3)32-20(16)11-19(17)26-4-7-29-8-5-26;1-13-24-17-12-23-11-15(20(17)25-13)21(28)26-16-8-14-10-22(2,3)30-19(14)9-18(16)27-4-6-29-7-5-27;1-22(14-27)13-15-11-17(19(12-20(15)30-22)25-7-9-29-10-8-25)24-21(28)18-5-4-16-3-2-6-23-26(16)18;1-20(2)12-13-10-15(16(11-17(13)30-20)27-6-8-29-9-7-27)26-19(28)14-4-3-5-18(25-14)21(22,23)24;1-20(2)13-14-11-16(22-19(24)15-5-3-4-6-21-15)17(12-18(14)26-20)23-7-9-25-10-8-23/h10-11,14-15H,4-9,12-13H2,1-3H3,(H,24,28);8-9,11-12H,4-7,10H2,1-3H3,(H,24,25)(H,26,28);2-6,11-12,27H,7-10,13-14H2,1H3,(H,24,28);3-5,10-11H,6-9,12H2,1-2H3,(H,26,28);3-6,11-12H,7-10,13H2,1-2H3,(H,22,24)/t15-;;22-;;/m0.1../s1. The Bertz CT molecular complexity index is 6910. The molecule has 40 heteroatoms. The first-order chi connectivity index (χ1) is 71.0. The Morgan fingerprint density at radius 2 is 0.845 bits per heavy atom. The molecule has 0 bridgehead atoms. The molecule has 6 saturated heterocycles. The van der Waals surface area contributed by atoms with E-state index in [1.165, 1.54) is 18.4 Å². The largest absolute Gasteiger partial charge is 0.487 e. The molecule has 2 atom stereocenters. The van der Waals surface area contributed by atoms with Crippen LogP contribution in [0.25, 0.3) is 16.6 Å². The molecule has 0 radical (unpaired) electrons. The molecule has 12 aromatic rings. The Morgan fingerprint density at radius 1 is 0.432 bits per heavy atom. The van der Waals surface area contributed by atoms with E-state index < -0.39 is 23.4 Å². The third-order valence-electron chi connectivity index (χ3n) is 27.1. The van der Waals surface area contributed by atoms with Crippen molar-refractivity contribution in [2.24, 2.45) is 0 Å². The number of hydrogen-bond donors (Lipinski definition) is 7. The van der Waals surface area contributed by atoms with E-state index in [0.717, 1.165) is 202 Å². The zero-order valence-electron chi connectivity index (χ0n) is 84.9. The molecule has 18 heterocycles. The summed E-state index contributed by atoms with van der Waals surface area (Å²) in [4.78, 5) is 102. The molecular weight excluding hydrogens is 1910 g/mol. The second kappa shape index (κ2) is 42.8. The third-order valence-corrected chi connectivity index (χ3v) is 27.1. The molecule has 148 heavy (non-hydrogen) atoms. The van der Waals surface area contributed by atoms with E-state index >= 15 is 0 Å². The zero-order valence-corrected chi connectivity index (χ0v) is 84.9. The van der Waals surface area contributed by atoms with Gasteiger partial charge in [-0.25, -0.2) is 14.5 Å². The summed E-state index contributed by atoms with van der Waals surface area (Å²) in [5.41, 5.74) is 13.9. The summed E-state index contributed by atoms with van der Waals surface area (Å²) >= 11 is 0. The van der Waals surface area contributed by atoms with Gasteiger partial charge in [0.1, 0.15) is 97.1 Å². The van der Waals surface area contributed by atoms with Crippen molar-refractivity contribution in [3.63, 3.8) is 0 Å². The van der Waals surface area contributed by atoms with Crippen LogP contribution in [0.1, 0.15) is 161 Å². The molecule has 37 nitrogen and oxygen atoms in total. The molecule has 6 fully saturated rings. The number of aromatic nitrogens is 8. The first-order valence-electron chi connectivity index (χ1n) is 50.1. The van der Waals surface area contributed by atoms with Gasteiger partial charge in [-0.15, -0.1) is 0 Å². The van der Waals surface area contributed by atoms with Gasteiger partial charge in [0, 0.05) is 181 Å². The summed E-state index contributed by atoms with van der Waals surface area (Å²) in [6.45, 7) is 37.7. The van der Waals surface area contributed by atoms with Crippen LogP contribution in [0, 0.1) is 6.92 Å². The highest BCUT2D eigenvalue weighted by molar-refractivity contribution is 6.13. The first kappa shape index (κ1) is 102. The average Bonchev–Trinajstić information content (AvgIpc) is 1.61. The number of aliphatic hydroxyl groups is 1. The second-order valence-electron chi connectivity index (χ2n) is 40.9. The number of aryl methyl sites for hydroxylation is 1. The minimum Gasteiger partial charge on any atom is -0.487 e. The van der Waals surface area contributed by atoms with E-state index in [4.69, 9.17) is 56.5 Å². The molecule has 5 aromatic carbocycles. The topological polar surface area (TPSA) is 397 Å². The number of hydrogen-bond acceptors (Lipinski definition) is 30. The zero-order chi connectivity index (χ0) is 104. The van der Waals surface area contributed by atoms with Gasteiger partial charge < -0.3 is 123 Å². The number of imidazole rings is 1. The van der Waals surface area contributed by atoms with Crippen molar-refractivity contribution in [1.29, 1.82) is 0 Å². The van der Waals surface area contributed by atoms with E-state index in [1.54, 1.807) is 47.5 Å². The monoisotopic (exact) mass is 2030 g/mol. The number of halogens is 3. The van der Waals surface area contributed by atoms with Crippen molar-refractivity contribution in [2.75, 3.05) is 214 Å². The Balaban J connectivity index is 0.000000117. The molecule has 0 aliphatic carbocycles. The highest BCUT2D eigenvalue weighted by Crippen LogP contribution is 2.49. The molecule has 7 N–H and O–H groups in total. The third kappa shape index (κ3) is 23.6. The van der Waals surface area contributed by atoms with Gasteiger partial charge in [-0.1, -0.05) is 12.1 Å². The summed E-state index contributed by atoms with van der Waals surface area (Å²) in [5.74, 6) is 3.23. The number of benzene rings is 5. The molecule has 23 rings (SSSR count). The lowest BCUT2D eigenvalue weighted by Crippen LogP contribution is -2.43. The van der Waals surface area contributed by atoms with Crippen LogP contribution in [-0.2, 0) is 66.7 Å². The van der Waals surface area contributed by atoms with Gasteiger partial charge in [-0.2, -0.15) is 23.3 Å². The van der Waals surface area contributed by atoms with Crippen LogP contribution in [-0.4, -0.2) is 266 Å². The summed E-state index contributed by atoms with van der Waals surface area (Å²) in [5, 5.41) is 29.1. The number of H-pyrrole nitrogens is 1. The number of pyridine rings is 3. The molecule has 0 saturated carbocycles. The molecule has 11 aliphatic rings.